The number of ether oxygens (including phenoxy) is 1. The molecule has 0 saturated carbocycles. The summed E-state index contributed by atoms with van der Waals surface area (Å²) in [5, 5.41) is 2.86. The van der Waals surface area contributed by atoms with Crippen LogP contribution in [0.4, 0.5) is 15.8 Å². The molecule has 1 saturated heterocycles. The predicted molar refractivity (Wildman–Crippen MR) is 129 cm³/mol. The second-order valence-corrected chi connectivity index (χ2v) is 8.76. The van der Waals surface area contributed by atoms with Gasteiger partial charge in [0.2, 0.25) is 5.91 Å². The average Bonchev–Trinajstić information content (AvgIpc) is 3.51. The van der Waals surface area contributed by atoms with Crippen LogP contribution in [0.2, 0.25) is 0 Å². The van der Waals surface area contributed by atoms with Gasteiger partial charge in [0.1, 0.15) is 16.7 Å². The molecule has 2 heterocycles. The Morgan fingerprint density at radius 2 is 1.89 bits per heavy atom. The highest BCUT2D eigenvalue weighted by molar-refractivity contribution is 7.09. The molecule has 1 aromatic heterocycles. The molecule has 182 valence electrons. The minimum Gasteiger partial charge on any atom is -0.395 e. The van der Waals surface area contributed by atoms with Crippen molar-refractivity contribution in [3.63, 3.8) is 0 Å². The Morgan fingerprint density at radius 3 is 2.49 bits per heavy atom. The normalized spacial score (nSPS) is 16.0. The third-order valence-electron chi connectivity index (χ3n) is 5.63. The van der Waals surface area contributed by atoms with E-state index in [1.807, 2.05) is 0 Å². The standard InChI is InChI=1S/C24H24FN5O4S/c25-15-10-8-14(9-11-15)20(23(32)28-13-17-7-4-12-34-17)30(16-5-2-1-3-6-16)24(33)21-18(26)19(22(27)31)29-35-21/h1-3,5-6,8-11,17,20H,4,7,12-13,26H2,(H2,27,31)(H,28,32)/t17-,20+/m1/s1. The van der Waals surface area contributed by atoms with Crippen LogP contribution in [0.25, 0.3) is 0 Å². The molecule has 11 heteroatoms. The van der Waals surface area contributed by atoms with Gasteiger partial charge in [-0.25, -0.2) is 4.39 Å². The van der Waals surface area contributed by atoms with Crippen LogP contribution < -0.4 is 21.7 Å². The molecule has 3 aromatic rings. The number of carbonyl (C=O) groups excluding carboxylic acids is 3. The van der Waals surface area contributed by atoms with Crippen LogP contribution in [0.3, 0.4) is 0 Å². The van der Waals surface area contributed by atoms with Gasteiger partial charge in [0, 0.05) is 18.8 Å². The molecule has 1 aliphatic rings. The third-order valence-corrected chi connectivity index (χ3v) is 6.48. The maximum Gasteiger partial charge on any atom is 0.273 e. The van der Waals surface area contributed by atoms with Gasteiger partial charge in [-0.2, -0.15) is 4.37 Å². The number of hydrogen-bond acceptors (Lipinski definition) is 7. The van der Waals surface area contributed by atoms with Gasteiger partial charge in [-0.05, 0) is 54.2 Å². The van der Waals surface area contributed by atoms with Gasteiger partial charge >= 0.3 is 0 Å². The highest BCUT2D eigenvalue weighted by atomic mass is 32.1. The minimum absolute atomic E-state index is 0.0401. The summed E-state index contributed by atoms with van der Waals surface area (Å²) < 4.78 is 23.2. The number of aromatic nitrogens is 1. The summed E-state index contributed by atoms with van der Waals surface area (Å²) in [4.78, 5) is 40.3. The van der Waals surface area contributed by atoms with Crippen molar-refractivity contribution < 1.29 is 23.5 Å². The fourth-order valence-corrected chi connectivity index (χ4v) is 4.63. The first-order valence-corrected chi connectivity index (χ1v) is 11.7. The molecular formula is C24H24FN5O4S. The van der Waals surface area contributed by atoms with Crippen LogP contribution in [0, 0.1) is 5.82 Å². The second kappa shape index (κ2) is 10.6. The van der Waals surface area contributed by atoms with Crippen LogP contribution in [0.5, 0.6) is 0 Å². The molecule has 35 heavy (non-hydrogen) atoms. The summed E-state index contributed by atoms with van der Waals surface area (Å²) in [6.07, 6.45) is 1.60. The number of primary amides is 1. The molecule has 9 nitrogen and oxygen atoms in total. The van der Waals surface area contributed by atoms with Gasteiger partial charge in [-0.3, -0.25) is 19.3 Å². The van der Waals surface area contributed by atoms with E-state index in [0.29, 0.717) is 17.9 Å². The van der Waals surface area contributed by atoms with E-state index in [4.69, 9.17) is 16.2 Å². The first-order valence-electron chi connectivity index (χ1n) is 10.9. The van der Waals surface area contributed by atoms with Gasteiger partial charge < -0.3 is 21.5 Å². The van der Waals surface area contributed by atoms with Crippen molar-refractivity contribution in [2.24, 2.45) is 5.73 Å². The third kappa shape index (κ3) is 5.31. The number of hydrogen-bond donors (Lipinski definition) is 3. The highest BCUT2D eigenvalue weighted by Gasteiger charge is 2.36. The number of nitrogen functional groups attached to an aromatic ring is 1. The van der Waals surface area contributed by atoms with Crippen LogP contribution in [-0.4, -0.2) is 41.4 Å². The first-order chi connectivity index (χ1) is 16.9. The van der Waals surface area contributed by atoms with Crippen LogP contribution in [-0.2, 0) is 9.53 Å². The van der Waals surface area contributed by atoms with Crippen molar-refractivity contribution in [2.45, 2.75) is 25.0 Å². The highest BCUT2D eigenvalue weighted by Crippen LogP contribution is 2.33. The largest absolute Gasteiger partial charge is 0.395 e. The van der Waals surface area contributed by atoms with Crippen molar-refractivity contribution in [1.82, 2.24) is 9.69 Å². The van der Waals surface area contributed by atoms with E-state index >= 15 is 0 Å². The number of anilines is 2. The first kappa shape index (κ1) is 24.3. The summed E-state index contributed by atoms with van der Waals surface area (Å²) in [7, 11) is 0. The van der Waals surface area contributed by atoms with E-state index in [1.165, 1.54) is 29.2 Å². The second-order valence-electron chi connectivity index (χ2n) is 7.98. The Labute approximate surface area is 205 Å². The monoisotopic (exact) mass is 497 g/mol. The number of nitrogens with one attached hydrogen (secondary N) is 1. The lowest BCUT2D eigenvalue weighted by molar-refractivity contribution is -0.123. The van der Waals surface area contributed by atoms with Crippen molar-refractivity contribution in [1.29, 1.82) is 0 Å². The van der Waals surface area contributed by atoms with Crippen LogP contribution in [0.15, 0.2) is 54.6 Å². The summed E-state index contributed by atoms with van der Waals surface area (Å²) >= 11 is 0.717. The number of carbonyl (C=O) groups is 3. The van der Waals surface area contributed by atoms with Crippen molar-refractivity contribution >= 4 is 40.6 Å². The van der Waals surface area contributed by atoms with Gasteiger partial charge in [-0.15, -0.1) is 0 Å². The van der Waals surface area contributed by atoms with Crippen LogP contribution >= 0.6 is 11.5 Å². The molecule has 0 spiro atoms. The van der Waals surface area contributed by atoms with E-state index < -0.39 is 29.6 Å². The molecule has 0 bridgehead atoms. The zero-order valence-electron chi connectivity index (χ0n) is 18.6. The molecule has 2 atom stereocenters. The van der Waals surface area contributed by atoms with Gasteiger partial charge in [0.15, 0.2) is 5.69 Å². The Hall–Kier alpha value is -3.83. The number of amides is 3. The Bertz CT molecular complexity index is 1210. The Morgan fingerprint density at radius 1 is 1.17 bits per heavy atom. The molecule has 1 fully saturated rings. The fraction of sp³-hybridized carbons (Fsp3) is 0.250. The lowest BCUT2D eigenvalue weighted by atomic mass is 10.0. The number of benzene rings is 2. The number of nitrogens with two attached hydrogens (primary N) is 2. The number of halogens is 1. The number of rotatable bonds is 8. The molecule has 5 N–H and O–H groups in total. The maximum atomic E-state index is 13.8. The topological polar surface area (TPSA) is 141 Å². The van der Waals surface area contributed by atoms with E-state index in [2.05, 4.69) is 9.69 Å². The Balaban J connectivity index is 1.78. The smallest absolute Gasteiger partial charge is 0.273 e. The fourth-order valence-electron chi connectivity index (χ4n) is 3.89. The Kier molecular flexibility index (Phi) is 7.37. The van der Waals surface area contributed by atoms with Crippen LogP contribution in [0.1, 0.15) is 44.6 Å². The molecule has 0 aliphatic carbocycles. The zero-order chi connectivity index (χ0) is 24.9. The molecule has 1 aliphatic heterocycles. The summed E-state index contributed by atoms with van der Waals surface area (Å²) in [5.41, 5.74) is 11.7. The van der Waals surface area contributed by atoms with E-state index in [9.17, 15) is 18.8 Å². The van der Waals surface area contributed by atoms with Crippen molar-refractivity contribution in [3.05, 3.63) is 76.5 Å². The van der Waals surface area contributed by atoms with Gasteiger partial charge in [0.25, 0.3) is 11.8 Å². The average molecular weight is 498 g/mol. The molecule has 4 rings (SSSR count). The van der Waals surface area contributed by atoms with E-state index in [0.717, 1.165) is 24.4 Å². The molecule has 0 radical (unpaired) electrons. The van der Waals surface area contributed by atoms with Crippen molar-refractivity contribution in [3.8, 4) is 0 Å². The lowest BCUT2D eigenvalue weighted by Crippen LogP contribution is -2.45. The summed E-state index contributed by atoms with van der Waals surface area (Å²) in [6, 6.07) is 12.7. The quantitative estimate of drug-likeness (QED) is 0.437. The summed E-state index contributed by atoms with van der Waals surface area (Å²) in [6.45, 7) is 0.894. The number of para-hydroxylation sites is 1. The van der Waals surface area contributed by atoms with Crippen molar-refractivity contribution in [2.75, 3.05) is 23.8 Å². The summed E-state index contributed by atoms with van der Waals surface area (Å²) in [5.74, 6) is -2.49. The zero-order valence-corrected chi connectivity index (χ0v) is 19.5. The lowest BCUT2D eigenvalue weighted by Gasteiger charge is -2.31. The SMILES string of the molecule is NC(=O)c1nsc(C(=O)N(c2ccccc2)[C@H](C(=O)NC[C@H]2CCCO2)c2ccc(F)cc2)c1N. The molecular weight excluding hydrogens is 473 g/mol. The molecule has 3 amide bonds. The van der Waals surface area contributed by atoms with Gasteiger partial charge in [-0.1, -0.05) is 30.3 Å². The molecule has 2 aromatic carbocycles. The van der Waals surface area contributed by atoms with E-state index in [1.54, 1.807) is 30.3 Å². The number of nitrogens with zero attached hydrogens (tertiary/aromatic N) is 2. The predicted octanol–water partition coefficient (Wildman–Crippen LogP) is 2.65. The van der Waals surface area contributed by atoms with E-state index in [-0.39, 0.29) is 28.9 Å². The minimum atomic E-state index is -1.18. The maximum absolute atomic E-state index is 13.8. The van der Waals surface area contributed by atoms with Gasteiger partial charge in [0.05, 0.1) is 11.8 Å². The molecule has 0 unspecified atom stereocenters.